The van der Waals surface area contributed by atoms with E-state index in [4.69, 9.17) is 0 Å². The summed E-state index contributed by atoms with van der Waals surface area (Å²) in [4.78, 5) is 6.93. The monoisotopic (exact) mass is 343 g/mol. The van der Waals surface area contributed by atoms with Crippen molar-refractivity contribution in [2.45, 2.75) is 19.3 Å². The molecule has 0 bridgehead atoms. The number of nitrogens with zero attached hydrogens (tertiary/aromatic N) is 3. The van der Waals surface area contributed by atoms with Crippen LogP contribution in [0.4, 0.5) is 17.2 Å². The number of benzene rings is 2. The highest BCUT2D eigenvalue weighted by atomic mass is 15.2. The second-order valence-corrected chi connectivity index (χ2v) is 6.86. The van der Waals surface area contributed by atoms with E-state index in [1.165, 1.54) is 35.7 Å². The molecule has 26 heavy (non-hydrogen) atoms. The minimum Gasteiger partial charge on any atom is -0.371 e. The molecule has 2 aromatic carbocycles. The highest BCUT2D eigenvalue weighted by molar-refractivity contribution is 5.97. The van der Waals surface area contributed by atoms with Gasteiger partial charge in [-0.2, -0.15) is 5.10 Å². The minimum atomic E-state index is 0.757. The molecule has 0 radical (unpaired) electrons. The van der Waals surface area contributed by atoms with Crippen LogP contribution < -0.4 is 10.2 Å². The van der Waals surface area contributed by atoms with E-state index in [1.807, 2.05) is 12.1 Å². The van der Waals surface area contributed by atoms with Crippen molar-refractivity contribution in [1.29, 1.82) is 0 Å². The van der Waals surface area contributed by atoms with Crippen LogP contribution in [0.3, 0.4) is 0 Å². The topological polar surface area (TPSA) is 56.8 Å². The number of hydrogen-bond acceptors (Lipinski definition) is 4. The molecule has 1 fully saturated rings. The molecule has 130 valence electrons. The molecule has 0 saturated carbocycles. The van der Waals surface area contributed by atoms with Crippen LogP contribution in [0, 0.1) is 0 Å². The molecule has 4 aromatic rings. The van der Waals surface area contributed by atoms with Crippen molar-refractivity contribution in [3.05, 3.63) is 54.7 Å². The van der Waals surface area contributed by atoms with Gasteiger partial charge < -0.3 is 10.2 Å². The number of pyridine rings is 1. The van der Waals surface area contributed by atoms with Crippen molar-refractivity contribution in [3.63, 3.8) is 0 Å². The zero-order chi connectivity index (χ0) is 17.3. The van der Waals surface area contributed by atoms with Crippen LogP contribution >= 0.6 is 0 Å². The Morgan fingerprint density at radius 1 is 0.962 bits per heavy atom. The van der Waals surface area contributed by atoms with E-state index in [1.54, 1.807) is 6.20 Å². The molecule has 5 heteroatoms. The molecular formula is C21H21N5. The minimum absolute atomic E-state index is 0.757. The lowest BCUT2D eigenvalue weighted by molar-refractivity contribution is 0.579. The molecule has 2 N–H and O–H groups in total. The van der Waals surface area contributed by atoms with E-state index in [0.29, 0.717) is 0 Å². The Morgan fingerprint density at radius 3 is 2.81 bits per heavy atom. The quantitative estimate of drug-likeness (QED) is 0.558. The van der Waals surface area contributed by atoms with Crippen molar-refractivity contribution >= 4 is 39.0 Å². The van der Waals surface area contributed by atoms with E-state index in [9.17, 15) is 0 Å². The second kappa shape index (κ2) is 6.33. The fraction of sp³-hybridized carbons (Fsp3) is 0.238. The first kappa shape index (κ1) is 15.2. The van der Waals surface area contributed by atoms with E-state index >= 15 is 0 Å². The molecule has 5 rings (SSSR count). The zero-order valence-electron chi connectivity index (χ0n) is 14.6. The van der Waals surface area contributed by atoms with E-state index in [2.05, 4.69) is 61.8 Å². The van der Waals surface area contributed by atoms with Gasteiger partial charge in [-0.1, -0.05) is 18.2 Å². The van der Waals surface area contributed by atoms with Gasteiger partial charge in [0.1, 0.15) is 5.52 Å². The van der Waals surface area contributed by atoms with Gasteiger partial charge in [0, 0.05) is 36.0 Å². The number of H-pyrrole nitrogens is 1. The maximum absolute atomic E-state index is 4.41. The first-order valence-electron chi connectivity index (χ1n) is 9.22. The molecule has 5 nitrogen and oxygen atoms in total. The fourth-order valence-electron chi connectivity index (χ4n) is 3.83. The van der Waals surface area contributed by atoms with Crippen LogP contribution in [0.5, 0.6) is 0 Å². The molecule has 2 aromatic heterocycles. The van der Waals surface area contributed by atoms with Crippen LogP contribution in [0.1, 0.15) is 19.3 Å². The summed E-state index contributed by atoms with van der Waals surface area (Å²) in [6.07, 6.45) is 5.71. The van der Waals surface area contributed by atoms with E-state index in [-0.39, 0.29) is 0 Å². The molecule has 0 atom stereocenters. The molecule has 0 unspecified atom stereocenters. The SMILES string of the molecule is c1cc(N2CCCCC2)c2ccc(Nc3n[nH]c4cccnc34)cc2c1. The smallest absolute Gasteiger partial charge is 0.178 e. The molecule has 1 aliphatic heterocycles. The number of hydrogen-bond donors (Lipinski definition) is 2. The number of nitrogens with one attached hydrogen (secondary N) is 2. The van der Waals surface area contributed by atoms with Gasteiger partial charge in [0.15, 0.2) is 5.82 Å². The predicted octanol–water partition coefficient (Wildman–Crippen LogP) is 4.85. The van der Waals surface area contributed by atoms with Crippen LogP contribution in [0.25, 0.3) is 21.8 Å². The van der Waals surface area contributed by atoms with Crippen molar-refractivity contribution in [3.8, 4) is 0 Å². The molecule has 0 amide bonds. The van der Waals surface area contributed by atoms with Gasteiger partial charge in [0.25, 0.3) is 0 Å². The van der Waals surface area contributed by atoms with Gasteiger partial charge in [-0.25, -0.2) is 0 Å². The summed E-state index contributed by atoms with van der Waals surface area (Å²) in [7, 11) is 0. The number of aromatic amines is 1. The lowest BCUT2D eigenvalue weighted by Gasteiger charge is -2.30. The third-order valence-electron chi connectivity index (χ3n) is 5.14. The summed E-state index contributed by atoms with van der Waals surface area (Å²) in [6.45, 7) is 2.31. The third kappa shape index (κ3) is 2.65. The predicted molar refractivity (Wildman–Crippen MR) is 107 cm³/mol. The Balaban J connectivity index is 1.50. The van der Waals surface area contributed by atoms with Gasteiger partial charge in [0.05, 0.1) is 5.52 Å². The van der Waals surface area contributed by atoms with Crippen LogP contribution in [0.2, 0.25) is 0 Å². The summed E-state index contributed by atoms with van der Waals surface area (Å²) in [5.41, 5.74) is 4.16. The van der Waals surface area contributed by atoms with Crippen molar-refractivity contribution < 1.29 is 0 Å². The van der Waals surface area contributed by atoms with Crippen LogP contribution in [-0.2, 0) is 0 Å². The fourth-order valence-corrected chi connectivity index (χ4v) is 3.83. The largest absolute Gasteiger partial charge is 0.371 e. The Kier molecular flexibility index (Phi) is 3.70. The number of anilines is 3. The Hall–Kier alpha value is -3.08. The lowest BCUT2D eigenvalue weighted by Crippen LogP contribution is -2.29. The number of aromatic nitrogens is 3. The highest BCUT2D eigenvalue weighted by Gasteiger charge is 2.14. The van der Waals surface area contributed by atoms with Crippen LogP contribution in [0.15, 0.2) is 54.7 Å². The highest BCUT2D eigenvalue weighted by Crippen LogP contribution is 2.32. The van der Waals surface area contributed by atoms with Gasteiger partial charge in [0.2, 0.25) is 0 Å². The maximum Gasteiger partial charge on any atom is 0.178 e. The first-order chi connectivity index (χ1) is 12.9. The molecule has 1 saturated heterocycles. The van der Waals surface area contributed by atoms with Gasteiger partial charge in [-0.3, -0.25) is 10.1 Å². The van der Waals surface area contributed by atoms with E-state index < -0.39 is 0 Å². The second-order valence-electron chi connectivity index (χ2n) is 6.86. The zero-order valence-corrected chi connectivity index (χ0v) is 14.6. The molecule has 3 heterocycles. The Bertz CT molecular complexity index is 1060. The number of piperidine rings is 1. The van der Waals surface area contributed by atoms with Crippen LogP contribution in [-0.4, -0.2) is 28.3 Å². The maximum atomic E-state index is 4.41. The van der Waals surface area contributed by atoms with Gasteiger partial charge >= 0.3 is 0 Å². The number of rotatable bonds is 3. The Morgan fingerprint density at radius 2 is 1.88 bits per heavy atom. The van der Waals surface area contributed by atoms with Gasteiger partial charge in [-0.15, -0.1) is 0 Å². The third-order valence-corrected chi connectivity index (χ3v) is 5.14. The lowest BCUT2D eigenvalue weighted by atomic mass is 10.0. The molecule has 0 aliphatic carbocycles. The molecule has 0 spiro atoms. The summed E-state index contributed by atoms with van der Waals surface area (Å²) < 4.78 is 0. The van der Waals surface area contributed by atoms with Gasteiger partial charge in [-0.05, 0) is 55.0 Å². The van der Waals surface area contributed by atoms with Crippen molar-refractivity contribution in [1.82, 2.24) is 15.2 Å². The standard InChI is InChI=1S/C21H21N5/c1-2-12-26(13-3-1)19-8-4-6-15-14-16(9-10-17(15)19)23-21-20-18(24-25-21)7-5-11-22-20/h4-11,14H,1-3,12-13H2,(H2,23,24,25). The summed E-state index contributed by atoms with van der Waals surface area (Å²) >= 11 is 0. The first-order valence-corrected chi connectivity index (χ1v) is 9.22. The average molecular weight is 343 g/mol. The molecule has 1 aliphatic rings. The number of fused-ring (bicyclic) bond motifs is 2. The summed E-state index contributed by atoms with van der Waals surface area (Å²) in [6, 6.07) is 17.0. The normalized spacial score (nSPS) is 14.8. The summed E-state index contributed by atoms with van der Waals surface area (Å²) in [5, 5.41) is 13.3. The average Bonchev–Trinajstić information content (AvgIpc) is 3.11. The van der Waals surface area contributed by atoms with E-state index in [0.717, 1.165) is 35.6 Å². The van der Waals surface area contributed by atoms with Crippen molar-refractivity contribution in [2.24, 2.45) is 0 Å². The summed E-state index contributed by atoms with van der Waals surface area (Å²) in [5.74, 6) is 0.757. The van der Waals surface area contributed by atoms with Crippen molar-refractivity contribution in [2.75, 3.05) is 23.3 Å². The Labute approximate surface area is 152 Å². The molecular weight excluding hydrogens is 322 g/mol.